The van der Waals surface area contributed by atoms with Crippen molar-refractivity contribution in [2.24, 2.45) is 5.92 Å². The molecular formula is C13H19N. The molecule has 1 nitrogen and oxygen atoms in total. The van der Waals surface area contributed by atoms with Crippen LogP contribution in [0.4, 0.5) is 0 Å². The lowest BCUT2D eigenvalue weighted by Crippen LogP contribution is -2.30. The molecular weight excluding hydrogens is 170 g/mol. The van der Waals surface area contributed by atoms with Crippen molar-refractivity contribution in [1.82, 2.24) is 4.90 Å². The van der Waals surface area contributed by atoms with Crippen LogP contribution in [0.15, 0.2) is 30.3 Å². The SMILES string of the molecule is CC(C1CC1)N(C)Cc1ccccc1. The van der Waals surface area contributed by atoms with Crippen LogP contribution in [0.5, 0.6) is 0 Å². The Labute approximate surface area is 86.7 Å². The van der Waals surface area contributed by atoms with Gasteiger partial charge in [-0.1, -0.05) is 30.3 Å². The van der Waals surface area contributed by atoms with Gasteiger partial charge < -0.3 is 0 Å². The zero-order valence-corrected chi connectivity index (χ0v) is 9.11. The fourth-order valence-electron chi connectivity index (χ4n) is 1.95. The molecule has 1 saturated carbocycles. The van der Waals surface area contributed by atoms with Crippen LogP contribution in [0.25, 0.3) is 0 Å². The normalized spacial score (nSPS) is 18.5. The van der Waals surface area contributed by atoms with Crippen LogP contribution in [0.2, 0.25) is 0 Å². The predicted octanol–water partition coefficient (Wildman–Crippen LogP) is 2.92. The lowest BCUT2D eigenvalue weighted by Gasteiger charge is -2.24. The second-order valence-corrected chi connectivity index (χ2v) is 4.48. The lowest BCUT2D eigenvalue weighted by atomic mass is 10.1. The summed E-state index contributed by atoms with van der Waals surface area (Å²) in [6, 6.07) is 11.5. The van der Waals surface area contributed by atoms with E-state index in [-0.39, 0.29) is 0 Å². The average Bonchev–Trinajstić information content (AvgIpc) is 3.01. The maximum Gasteiger partial charge on any atom is 0.0233 e. The van der Waals surface area contributed by atoms with Crippen molar-refractivity contribution in [3.8, 4) is 0 Å². The summed E-state index contributed by atoms with van der Waals surface area (Å²) >= 11 is 0. The molecule has 14 heavy (non-hydrogen) atoms. The molecule has 1 fully saturated rings. The third kappa shape index (κ3) is 2.36. The van der Waals surface area contributed by atoms with Gasteiger partial charge in [0.2, 0.25) is 0 Å². The molecule has 1 atom stereocenters. The van der Waals surface area contributed by atoms with Gasteiger partial charge in [0.05, 0.1) is 0 Å². The van der Waals surface area contributed by atoms with Gasteiger partial charge in [0.1, 0.15) is 0 Å². The molecule has 0 aliphatic heterocycles. The molecule has 0 radical (unpaired) electrons. The topological polar surface area (TPSA) is 3.24 Å². The van der Waals surface area contributed by atoms with E-state index in [2.05, 4.69) is 49.2 Å². The van der Waals surface area contributed by atoms with Crippen LogP contribution in [0.1, 0.15) is 25.3 Å². The molecule has 2 rings (SSSR count). The first-order valence-corrected chi connectivity index (χ1v) is 5.51. The minimum Gasteiger partial charge on any atom is -0.299 e. The third-order valence-electron chi connectivity index (χ3n) is 3.27. The second kappa shape index (κ2) is 4.14. The first-order chi connectivity index (χ1) is 6.77. The standard InChI is InChI=1S/C13H19N/c1-11(13-8-9-13)14(2)10-12-6-4-3-5-7-12/h3-7,11,13H,8-10H2,1-2H3. The Morgan fingerprint density at radius 2 is 1.93 bits per heavy atom. The van der Waals surface area contributed by atoms with E-state index in [1.54, 1.807) is 0 Å². The lowest BCUT2D eigenvalue weighted by molar-refractivity contribution is 0.226. The molecule has 0 spiro atoms. The molecule has 1 aromatic rings. The zero-order valence-electron chi connectivity index (χ0n) is 9.11. The van der Waals surface area contributed by atoms with E-state index in [0.29, 0.717) is 0 Å². The smallest absolute Gasteiger partial charge is 0.0233 e. The van der Waals surface area contributed by atoms with Crippen LogP contribution in [-0.4, -0.2) is 18.0 Å². The summed E-state index contributed by atoms with van der Waals surface area (Å²) in [4.78, 5) is 2.47. The summed E-state index contributed by atoms with van der Waals surface area (Å²) in [6.45, 7) is 3.43. The molecule has 0 bridgehead atoms. The highest BCUT2D eigenvalue weighted by Crippen LogP contribution is 2.34. The molecule has 0 amide bonds. The van der Waals surface area contributed by atoms with Crippen LogP contribution >= 0.6 is 0 Å². The Morgan fingerprint density at radius 1 is 1.29 bits per heavy atom. The Balaban J connectivity index is 1.90. The number of hydrogen-bond donors (Lipinski definition) is 0. The van der Waals surface area contributed by atoms with E-state index < -0.39 is 0 Å². The van der Waals surface area contributed by atoms with Gasteiger partial charge in [0.25, 0.3) is 0 Å². The summed E-state index contributed by atoms with van der Waals surface area (Å²) in [5, 5.41) is 0. The largest absolute Gasteiger partial charge is 0.299 e. The molecule has 1 aliphatic carbocycles. The van der Waals surface area contributed by atoms with Crippen molar-refractivity contribution in [2.45, 2.75) is 32.4 Å². The van der Waals surface area contributed by atoms with Gasteiger partial charge in [-0.15, -0.1) is 0 Å². The van der Waals surface area contributed by atoms with Crippen LogP contribution in [-0.2, 0) is 6.54 Å². The summed E-state index contributed by atoms with van der Waals surface area (Å²) < 4.78 is 0. The van der Waals surface area contributed by atoms with E-state index in [1.165, 1.54) is 18.4 Å². The molecule has 1 unspecified atom stereocenters. The summed E-state index contributed by atoms with van der Waals surface area (Å²) in [6.07, 6.45) is 2.86. The highest BCUT2D eigenvalue weighted by atomic mass is 15.1. The van der Waals surface area contributed by atoms with E-state index in [9.17, 15) is 0 Å². The third-order valence-corrected chi connectivity index (χ3v) is 3.27. The second-order valence-electron chi connectivity index (χ2n) is 4.48. The Hall–Kier alpha value is -0.820. The fraction of sp³-hybridized carbons (Fsp3) is 0.538. The minimum absolute atomic E-state index is 0.746. The molecule has 0 aromatic heterocycles. The van der Waals surface area contributed by atoms with E-state index in [0.717, 1.165) is 18.5 Å². The zero-order chi connectivity index (χ0) is 9.97. The number of hydrogen-bond acceptors (Lipinski definition) is 1. The summed E-state index contributed by atoms with van der Waals surface area (Å²) in [5.74, 6) is 0.962. The molecule has 0 N–H and O–H groups in total. The summed E-state index contributed by atoms with van der Waals surface area (Å²) in [5.41, 5.74) is 1.42. The van der Waals surface area contributed by atoms with Gasteiger partial charge in [-0.2, -0.15) is 0 Å². The van der Waals surface area contributed by atoms with Gasteiger partial charge in [-0.3, -0.25) is 4.90 Å². The molecule has 1 aliphatic rings. The highest BCUT2D eigenvalue weighted by Gasteiger charge is 2.30. The van der Waals surface area contributed by atoms with Gasteiger partial charge in [0, 0.05) is 12.6 Å². The Bertz CT molecular complexity index is 277. The fourth-order valence-corrected chi connectivity index (χ4v) is 1.95. The average molecular weight is 189 g/mol. The van der Waals surface area contributed by atoms with Crippen LogP contribution < -0.4 is 0 Å². The Morgan fingerprint density at radius 3 is 2.50 bits per heavy atom. The predicted molar refractivity (Wildman–Crippen MR) is 60.1 cm³/mol. The maximum atomic E-state index is 2.47. The summed E-state index contributed by atoms with van der Waals surface area (Å²) in [7, 11) is 2.23. The van der Waals surface area contributed by atoms with E-state index in [4.69, 9.17) is 0 Å². The Kier molecular flexibility index (Phi) is 2.87. The quantitative estimate of drug-likeness (QED) is 0.704. The van der Waals surface area contributed by atoms with Crippen LogP contribution in [0.3, 0.4) is 0 Å². The number of rotatable bonds is 4. The molecule has 1 heteroatoms. The molecule has 76 valence electrons. The van der Waals surface area contributed by atoms with Crippen molar-refractivity contribution in [1.29, 1.82) is 0 Å². The van der Waals surface area contributed by atoms with Crippen molar-refractivity contribution in [2.75, 3.05) is 7.05 Å². The minimum atomic E-state index is 0.746. The van der Waals surface area contributed by atoms with Crippen molar-refractivity contribution < 1.29 is 0 Å². The first-order valence-electron chi connectivity index (χ1n) is 5.51. The maximum absolute atomic E-state index is 2.47. The van der Waals surface area contributed by atoms with Gasteiger partial charge >= 0.3 is 0 Å². The highest BCUT2D eigenvalue weighted by molar-refractivity contribution is 5.14. The van der Waals surface area contributed by atoms with E-state index in [1.807, 2.05) is 0 Å². The molecule has 1 aromatic carbocycles. The molecule has 0 heterocycles. The monoisotopic (exact) mass is 189 g/mol. The van der Waals surface area contributed by atoms with Gasteiger partial charge in [-0.05, 0) is 38.3 Å². The van der Waals surface area contributed by atoms with Crippen LogP contribution in [0, 0.1) is 5.92 Å². The van der Waals surface area contributed by atoms with Gasteiger partial charge in [0.15, 0.2) is 0 Å². The van der Waals surface area contributed by atoms with Crippen molar-refractivity contribution in [3.63, 3.8) is 0 Å². The number of benzene rings is 1. The van der Waals surface area contributed by atoms with Gasteiger partial charge in [-0.25, -0.2) is 0 Å². The van der Waals surface area contributed by atoms with Crippen molar-refractivity contribution >= 4 is 0 Å². The first kappa shape index (κ1) is 9.72. The molecule has 0 saturated heterocycles. The number of nitrogens with zero attached hydrogens (tertiary/aromatic N) is 1. The van der Waals surface area contributed by atoms with Crippen molar-refractivity contribution in [3.05, 3.63) is 35.9 Å². The van der Waals surface area contributed by atoms with E-state index >= 15 is 0 Å².